The predicted octanol–water partition coefficient (Wildman–Crippen LogP) is 2.39. The summed E-state index contributed by atoms with van der Waals surface area (Å²) in [6, 6.07) is 9.90. The van der Waals surface area contributed by atoms with Gasteiger partial charge in [-0.05, 0) is 32.0 Å². The zero-order valence-corrected chi connectivity index (χ0v) is 11.8. The maximum absolute atomic E-state index is 4.68. The van der Waals surface area contributed by atoms with Crippen LogP contribution < -0.4 is 0 Å². The third-order valence-corrected chi connectivity index (χ3v) is 3.61. The third-order valence-electron chi connectivity index (χ3n) is 3.61. The molecule has 0 N–H and O–H groups in total. The average molecular weight is 278 g/mol. The molecule has 0 aliphatic rings. The summed E-state index contributed by atoms with van der Waals surface area (Å²) in [7, 11) is 0. The van der Waals surface area contributed by atoms with Crippen molar-refractivity contribution in [3.8, 4) is 0 Å². The second-order valence-electron chi connectivity index (χ2n) is 5.11. The Morgan fingerprint density at radius 2 is 1.95 bits per heavy atom. The Hall–Kier alpha value is -2.76. The SMILES string of the molecule is Cc1ccn([C@H](C)c2nc3c4ccccc4ncn3n2)n1. The maximum Gasteiger partial charge on any atom is 0.176 e. The predicted molar refractivity (Wildman–Crippen MR) is 79.1 cm³/mol. The molecule has 1 aromatic carbocycles. The minimum absolute atomic E-state index is 0.0163. The van der Waals surface area contributed by atoms with Gasteiger partial charge in [-0.15, -0.1) is 5.10 Å². The van der Waals surface area contributed by atoms with E-state index in [4.69, 9.17) is 0 Å². The molecule has 1 atom stereocenters. The largest absolute Gasteiger partial charge is 0.262 e. The Balaban J connectivity index is 1.88. The van der Waals surface area contributed by atoms with Gasteiger partial charge in [-0.1, -0.05) is 12.1 Å². The molecule has 0 aliphatic heterocycles. The first-order valence-corrected chi connectivity index (χ1v) is 6.84. The molecule has 6 heteroatoms. The van der Waals surface area contributed by atoms with Crippen LogP contribution >= 0.6 is 0 Å². The summed E-state index contributed by atoms with van der Waals surface area (Å²) in [6.07, 6.45) is 3.65. The molecule has 0 amide bonds. The Morgan fingerprint density at radius 3 is 2.76 bits per heavy atom. The summed E-state index contributed by atoms with van der Waals surface area (Å²) in [5, 5.41) is 9.96. The van der Waals surface area contributed by atoms with Gasteiger partial charge in [-0.2, -0.15) is 5.10 Å². The minimum atomic E-state index is -0.0163. The first-order valence-electron chi connectivity index (χ1n) is 6.84. The van der Waals surface area contributed by atoms with Gasteiger partial charge in [0.25, 0.3) is 0 Å². The molecular weight excluding hydrogens is 264 g/mol. The molecular formula is C15H14N6. The summed E-state index contributed by atoms with van der Waals surface area (Å²) < 4.78 is 3.60. The number of fused-ring (bicyclic) bond motifs is 3. The van der Waals surface area contributed by atoms with Crippen molar-refractivity contribution in [2.45, 2.75) is 19.9 Å². The number of rotatable bonds is 2. The molecule has 0 saturated heterocycles. The highest BCUT2D eigenvalue weighted by molar-refractivity contribution is 5.90. The number of hydrogen-bond donors (Lipinski definition) is 0. The van der Waals surface area contributed by atoms with Crippen LogP contribution in [0.4, 0.5) is 0 Å². The fourth-order valence-corrected chi connectivity index (χ4v) is 2.44. The van der Waals surface area contributed by atoms with Crippen LogP contribution in [0.1, 0.15) is 24.5 Å². The lowest BCUT2D eigenvalue weighted by molar-refractivity contribution is 0.533. The second-order valence-corrected chi connectivity index (χ2v) is 5.11. The van der Waals surface area contributed by atoms with E-state index in [2.05, 4.69) is 20.2 Å². The summed E-state index contributed by atoms with van der Waals surface area (Å²) in [6.45, 7) is 4.01. The van der Waals surface area contributed by atoms with Crippen molar-refractivity contribution in [1.29, 1.82) is 0 Å². The summed E-state index contributed by atoms with van der Waals surface area (Å²) in [4.78, 5) is 9.07. The Kier molecular flexibility index (Phi) is 2.50. The van der Waals surface area contributed by atoms with E-state index in [0.29, 0.717) is 0 Å². The van der Waals surface area contributed by atoms with Crippen molar-refractivity contribution in [3.63, 3.8) is 0 Å². The van der Waals surface area contributed by atoms with Crippen molar-refractivity contribution in [2.24, 2.45) is 0 Å². The number of aromatic nitrogens is 6. The molecule has 0 bridgehead atoms. The van der Waals surface area contributed by atoms with Gasteiger partial charge in [-0.25, -0.2) is 14.5 Å². The number of para-hydroxylation sites is 1. The van der Waals surface area contributed by atoms with Gasteiger partial charge in [0.15, 0.2) is 11.5 Å². The second kappa shape index (κ2) is 4.37. The van der Waals surface area contributed by atoms with Crippen molar-refractivity contribution in [3.05, 3.63) is 54.4 Å². The summed E-state index contributed by atoms with van der Waals surface area (Å²) in [5.41, 5.74) is 2.73. The van der Waals surface area contributed by atoms with Crippen molar-refractivity contribution in [2.75, 3.05) is 0 Å². The molecule has 3 aromatic heterocycles. The number of hydrogen-bond acceptors (Lipinski definition) is 4. The standard InChI is InChI=1S/C15H14N6/c1-10-7-8-20(18-10)11(2)14-17-15-12-5-3-4-6-13(12)16-9-21(15)19-14/h3-9,11H,1-2H3/t11-/m1/s1. The lowest BCUT2D eigenvalue weighted by atomic mass is 10.2. The molecule has 21 heavy (non-hydrogen) atoms. The van der Waals surface area contributed by atoms with Crippen LogP contribution in [0, 0.1) is 6.92 Å². The average Bonchev–Trinajstić information content (AvgIpc) is 3.12. The van der Waals surface area contributed by atoms with Crippen molar-refractivity contribution < 1.29 is 0 Å². The van der Waals surface area contributed by atoms with E-state index in [0.717, 1.165) is 28.1 Å². The van der Waals surface area contributed by atoms with Gasteiger partial charge in [-0.3, -0.25) is 4.68 Å². The normalized spacial score (nSPS) is 13.0. The minimum Gasteiger partial charge on any atom is -0.262 e. The van der Waals surface area contributed by atoms with E-state index in [1.54, 1.807) is 10.8 Å². The van der Waals surface area contributed by atoms with E-state index in [1.165, 1.54) is 0 Å². The van der Waals surface area contributed by atoms with Gasteiger partial charge >= 0.3 is 0 Å². The first kappa shape index (κ1) is 12.0. The van der Waals surface area contributed by atoms with Crippen LogP contribution in [0.5, 0.6) is 0 Å². The molecule has 0 fully saturated rings. The van der Waals surface area contributed by atoms with Crippen LogP contribution in [-0.2, 0) is 0 Å². The Morgan fingerprint density at radius 1 is 1.10 bits per heavy atom. The van der Waals surface area contributed by atoms with Crippen LogP contribution in [0.2, 0.25) is 0 Å². The molecule has 4 aromatic rings. The topological polar surface area (TPSA) is 60.9 Å². The van der Waals surface area contributed by atoms with Crippen LogP contribution in [0.25, 0.3) is 16.6 Å². The molecule has 3 heterocycles. The third kappa shape index (κ3) is 1.87. The van der Waals surface area contributed by atoms with E-state index in [-0.39, 0.29) is 6.04 Å². The smallest absolute Gasteiger partial charge is 0.176 e. The number of aryl methyl sites for hydroxylation is 1. The first-order chi connectivity index (χ1) is 10.2. The van der Waals surface area contributed by atoms with Gasteiger partial charge < -0.3 is 0 Å². The van der Waals surface area contributed by atoms with E-state index < -0.39 is 0 Å². The fraction of sp³-hybridized carbons (Fsp3) is 0.200. The summed E-state index contributed by atoms with van der Waals surface area (Å²) in [5.74, 6) is 0.733. The van der Waals surface area contributed by atoms with E-state index >= 15 is 0 Å². The molecule has 0 aliphatic carbocycles. The van der Waals surface area contributed by atoms with Crippen LogP contribution in [-0.4, -0.2) is 29.4 Å². The zero-order chi connectivity index (χ0) is 14.4. The highest BCUT2D eigenvalue weighted by Gasteiger charge is 2.16. The van der Waals surface area contributed by atoms with Gasteiger partial charge in [0, 0.05) is 11.6 Å². The van der Waals surface area contributed by atoms with Gasteiger partial charge in [0.2, 0.25) is 0 Å². The highest BCUT2D eigenvalue weighted by Crippen LogP contribution is 2.19. The quantitative estimate of drug-likeness (QED) is 0.565. The van der Waals surface area contributed by atoms with Crippen LogP contribution in [0.3, 0.4) is 0 Å². The monoisotopic (exact) mass is 278 g/mol. The molecule has 0 radical (unpaired) electrons. The molecule has 0 saturated carbocycles. The number of nitrogens with zero attached hydrogens (tertiary/aromatic N) is 6. The summed E-state index contributed by atoms with van der Waals surface area (Å²) >= 11 is 0. The van der Waals surface area contributed by atoms with Gasteiger partial charge in [0.1, 0.15) is 12.4 Å². The van der Waals surface area contributed by atoms with Gasteiger partial charge in [0.05, 0.1) is 11.2 Å². The molecule has 104 valence electrons. The molecule has 0 unspecified atom stereocenters. The zero-order valence-electron chi connectivity index (χ0n) is 11.8. The molecule has 0 spiro atoms. The lowest BCUT2D eigenvalue weighted by Crippen LogP contribution is -2.09. The van der Waals surface area contributed by atoms with Crippen LogP contribution in [0.15, 0.2) is 42.9 Å². The highest BCUT2D eigenvalue weighted by atomic mass is 15.4. The lowest BCUT2D eigenvalue weighted by Gasteiger charge is -2.06. The van der Waals surface area contributed by atoms with Crippen molar-refractivity contribution >= 4 is 16.6 Å². The Bertz CT molecular complexity index is 936. The van der Waals surface area contributed by atoms with E-state index in [1.807, 2.05) is 55.1 Å². The molecule has 4 rings (SSSR count). The van der Waals surface area contributed by atoms with Crippen molar-refractivity contribution in [1.82, 2.24) is 29.4 Å². The van der Waals surface area contributed by atoms with E-state index in [9.17, 15) is 0 Å². The fourth-order valence-electron chi connectivity index (χ4n) is 2.44. The maximum atomic E-state index is 4.68. The Labute approximate surface area is 121 Å². The molecule has 6 nitrogen and oxygen atoms in total. The number of benzene rings is 1.